The number of hydrogen-bond donors (Lipinski definition) is 1. The first-order valence-corrected chi connectivity index (χ1v) is 6.31. The zero-order valence-electron chi connectivity index (χ0n) is 11.4. The predicted molar refractivity (Wildman–Crippen MR) is 72.7 cm³/mol. The maximum absolute atomic E-state index is 13.5. The summed E-state index contributed by atoms with van der Waals surface area (Å²) >= 11 is 0. The van der Waals surface area contributed by atoms with Crippen molar-refractivity contribution in [3.63, 3.8) is 0 Å². The van der Waals surface area contributed by atoms with Crippen molar-refractivity contribution >= 4 is 0 Å². The SMILES string of the molecule is Cc1cccc(C)c1OCC(O)c1cccc(F)c1F. The molecule has 2 aromatic rings. The van der Waals surface area contributed by atoms with Gasteiger partial charge in [0, 0.05) is 5.56 Å². The van der Waals surface area contributed by atoms with E-state index in [0.29, 0.717) is 5.75 Å². The van der Waals surface area contributed by atoms with Crippen LogP contribution in [0.1, 0.15) is 22.8 Å². The van der Waals surface area contributed by atoms with Crippen LogP contribution in [0.4, 0.5) is 8.78 Å². The van der Waals surface area contributed by atoms with Crippen molar-refractivity contribution in [1.82, 2.24) is 0 Å². The van der Waals surface area contributed by atoms with Gasteiger partial charge in [0.15, 0.2) is 11.6 Å². The van der Waals surface area contributed by atoms with Gasteiger partial charge < -0.3 is 9.84 Å². The number of benzene rings is 2. The largest absolute Gasteiger partial charge is 0.490 e. The second-order valence-electron chi connectivity index (χ2n) is 4.69. The highest BCUT2D eigenvalue weighted by molar-refractivity contribution is 5.39. The number of hydrogen-bond acceptors (Lipinski definition) is 2. The normalized spacial score (nSPS) is 12.2. The zero-order valence-corrected chi connectivity index (χ0v) is 11.4. The van der Waals surface area contributed by atoms with Crippen LogP contribution in [0.15, 0.2) is 36.4 Å². The van der Waals surface area contributed by atoms with E-state index < -0.39 is 17.7 Å². The van der Waals surface area contributed by atoms with Crippen molar-refractivity contribution in [2.45, 2.75) is 20.0 Å². The van der Waals surface area contributed by atoms with Crippen LogP contribution in [0.25, 0.3) is 0 Å². The van der Waals surface area contributed by atoms with Crippen molar-refractivity contribution in [3.8, 4) is 5.75 Å². The molecule has 0 fully saturated rings. The first-order chi connectivity index (χ1) is 9.50. The molecule has 0 spiro atoms. The van der Waals surface area contributed by atoms with Gasteiger partial charge in [-0.15, -0.1) is 0 Å². The van der Waals surface area contributed by atoms with Gasteiger partial charge in [0.25, 0.3) is 0 Å². The lowest BCUT2D eigenvalue weighted by Gasteiger charge is -2.16. The van der Waals surface area contributed by atoms with Crippen molar-refractivity contribution < 1.29 is 18.6 Å². The molecule has 0 bridgehead atoms. The minimum atomic E-state index is -1.22. The third-order valence-electron chi connectivity index (χ3n) is 3.13. The van der Waals surface area contributed by atoms with Crippen LogP contribution in [0.5, 0.6) is 5.75 Å². The summed E-state index contributed by atoms with van der Waals surface area (Å²) in [6.45, 7) is 3.64. The second kappa shape index (κ2) is 6.01. The van der Waals surface area contributed by atoms with Crippen molar-refractivity contribution in [2.75, 3.05) is 6.61 Å². The van der Waals surface area contributed by atoms with Crippen molar-refractivity contribution in [1.29, 1.82) is 0 Å². The molecule has 106 valence electrons. The Morgan fingerprint density at radius 1 is 1.05 bits per heavy atom. The molecule has 1 N–H and O–H groups in total. The van der Waals surface area contributed by atoms with E-state index in [1.165, 1.54) is 12.1 Å². The molecule has 2 nitrogen and oxygen atoms in total. The van der Waals surface area contributed by atoms with Gasteiger partial charge in [-0.2, -0.15) is 0 Å². The summed E-state index contributed by atoms with van der Waals surface area (Å²) in [5, 5.41) is 9.94. The van der Waals surface area contributed by atoms with Crippen molar-refractivity contribution in [2.24, 2.45) is 0 Å². The van der Waals surface area contributed by atoms with E-state index in [1.54, 1.807) is 0 Å². The second-order valence-corrected chi connectivity index (χ2v) is 4.69. The monoisotopic (exact) mass is 278 g/mol. The molecule has 0 amide bonds. The summed E-state index contributed by atoms with van der Waals surface area (Å²) in [6.07, 6.45) is -1.22. The molecule has 2 aromatic carbocycles. The van der Waals surface area contributed by atoms with E-state index in [2.05, 4.69) is 0 Å². The highest BCUT2D eigenvalue weighted by Crippen LogP contribution is 2.25. The first-order valence-electron chi connectivity index (χ1n) is 6.31. The Morgan fingerprint density at radius 2 is 1.65 bits per heavy atom. The van der Waals surface area contributed by atoms with E-state index in [-0.39, 0.29) is 12.2 Å². The van der Waals surface area contributed by atoms with Gasteiger partial charge >= 0.3 is 0 Å². The Morgan fingerprint density at radius 3 is 2.30 bits per heavy atom. The summed E-state index contributed by atoms with van der Waals surface area (Å²) in [4.78, 5) is 0. The molecule has 20 heavy (non-hydrogen) atoms. The number of rotatable bonds is 4. The minimum Gasteiger partial charge on any atom is -0.490 e. The molecule has 1 atom stereocenters. The predicted octanol–water partition coefficient (Wildman–Crippen LogP) is 3.69. The van der Waals surface area contributed by atoms with Gasteiger partial charge in [0.05, 0.1) is 0 Å². The van der Waals surface area contributed by atoms with Crippen LogP contribution < -0.4 is 4.74 Å². The summed E-state index contributed by atoms with van der Waals surface area (Å²) in [7, 11) is 0. The molecule has 4 heteroatoms. The highest BCUT2D eigenvalue weighted by atomic mass is 19.2. The molecule has 0 aliphatic heterocycles. The van der Waals surface area contributed by atoms with Crippen LogP contribution in [0.2, 0.25) is 0 Å². The molecule has 0 saturated carbocycles. The molecule has 0 radical (unpaired) electrons. The van der Waals surface area contributed by atoms with Crippen LogP contribution in [-0.2, 0) is 0 Å². The maximum Gasteiger partial charge on any atom is 0.164 e. The van der Waals surface area contributed by atoms with Crippen LogP contribution in [-0.4, -0.2) is 11.7 Å². The molecule has 0 heterocycles. The number of aliphatic hydroxyl groups is 1. The van der Waals surface area contributed by atoms with Crippen LogP contribution in [0.3, 0.4) is 0 Å². The van der Waals surface area contributed by atoms with E-state index in [4.69, 9.17) is 4.74 Å². The zero-order chi connectivity index (χ0) is 14.7. The third kappa shape index (κ3) is 2.96. The van der Waals surface area contributed by atoms with Gasteiger partial charge in [-0.1, -0.05) is 30.3 Å². The number of ether oxygens (including phenoxy) is 1. The van der Waals surface area contributed by atoms with Gasteiger partial charge in [-0.05, 0) is 31.0 Å². The quantitative estimate of drug-likeness (QED) is 0.924. The van der Waals surface area contributed by atoms with Crippen molar-refractivity contribution in [3.05, 3.63) is 64.7 Å². The van der Waals surface area contributed by atoms with E-state index in [0.717, 1.165) is 17.2 Å². The molecule has 0 aromatic heterocycles. The summed E-state index contributed by atoms with van der Waals surface area (Å²) in [5.41, 5.74) is 1.75. The average Bonchev–Trinajstić information content (AvgIpc) is 2.41. The van der Waals surface area contributed by atoms with Gasteiger partial charge in [0.1, 0.15) is 18.5 Å². The topological polar surface area (TPSA) is 29.5 Å². The molecular formula is C16H16F2O2. The molecule has 1 unspecified atom stereocenters. The Balaban J connectivity index is 2.13. The Labute approximate surface area is 116 Å². The Bertz CT molecular complexity index is 591. The molecule has 0 saturated heterocycles. The fourth-order valence-corrected chi connectivity index (χ4v) is 2.06. The number of aliphatic hydroxyl groups excluding tert-OH is 1. The van der Waals surface area contributed by atoms with Gasteiger partial charge in [0.2, 0.25) is 0 Å². The number of aryl methyl sites for hydroxylation is 2. The maximum atomic E-state index is 13.5. The lowest BCUT2D eigenvalue weighted by Crippen LogP contribution is -2.13. The van der Waals surface area contributed by atoms with E-state index in [1.807, 2.05) is 32.0 Å². The average molecular weight is 278 g/mol. The highest BCUT2D eigenvalue weighted by Gasteiger charge is 2.17. The fraction of sp³-hybridized carbons (Fsp3) is 0.250. The summed E-state index contributed by atoms with van der Waals surface area (Å²) < 4.78 is 32.2. The first kappa shape index (κ1) is 14.5. The van der Waals surface area contributed by atoms with E-state index >= 15 is 0 Å². The van der Waals surface area contributed by atoms with Gasteiger partial charge in [-0.3, -0.25) is 0 Å². The molecule has 2 rings (SSSR count). The van der Waals surface area contributed by atoms with Gasteiger partial charge in [-0.25, -0.2) is 8.78 Å². The molecule has 0 aliphatic rings. The summed E-state index contributed by atoms with van der Waals surface area (Å²) in [5.74, 6) is -1.36. The lowest BCUT2D eigenvalue weighted by atomic mass is 10.1. The fourth-order valence-electron chi connectivity index (χ4n) is 2.06. The Kier molecular flexibility index (Phi) is 4.35. The standard InChI is InChI=1S/C16H16F2O2/c1-10-5-3-6-11(2)16(10)20-9-14(19)12-7-4-8-13(17)15(12)18/h3-8,14,19H,9H2,1-2H3. The summed E-state index contributed by atoms with van der Waals surface area (Å²) in [6, 6.07) is 9.39. The van der Waals surface area contributed by atoms with Crippen LogP contribution in [0, 0.1) is 25.5 Å². The minimum absolute atomic E-state index is 0.101. The lowest BCUT2D eigenvalue weighted by molar-refractivity contribution is 0.103. The Hall–Kier alpha value is -1.94. The third-order valence-corrected chi connectivity index (χ3v) is 3.13. The molecule has 0 aliphatic carbocycles. The smallest absolute Gasteiger partial charge is 0.164 e. The van der Waals surface area contributed by atoms with E-state index in [9.17, 15) is 13.9 Å². The number of halogens is 2. The molecular weight excluding hydrogens is 262 g/mol. The number of para-hydroxylation sites is 1. The van der Waals surface area contributed by atoms with Crippen LogP contribution >= 0.6 is 0 Å².